The molecule has 0 aromatic rings. The van der Waals surface area contributed by atoms with Gasteiger partial charge in [-0.05, 0) is 25.7 Å². The van der Waals surface area contributed by atoms with Crippen molar-refractivity contribution < 1.29 is 8.78 Å². The minimum Gasteiger partial charge on any atom is -0.250 e. The Morgan fingerprint density at radius 2 is 1.06 bits per heavy atom. The molecule has 0 aliphatic heterocycles. The second kappa shape index (κ2) is 5.67. The lowest BCUT2D eigenvalue weighted by molar-refractivity contribution is -0.0507. The number of rotatable bonds is 2. The van der Waals surface area contributed by atoms with Gasteiger partial charge in [-0.1, -0.05) is 51.4 Å². The zero-order valence-corrected chi connectivity index (χ0v) is 10.9. The average molecular weight is 244 g/mol. The molecule has 100 valence electrons. The number of alkyl halides is 2. The predicted octanol–water partition coefficient (Wildman–Crippen LogP) is 5.36. The van der Waals surface area contributed by atoms with Crippen molar-refractivity contribution in [1.82, 2.24) is 0 Å². The van der Waals surface area contributed by atoms with E-state index in [9.17, 15) is 4.39 Å². The van der Waals surface area contributed by atoms with Crippen molar-refractivity contribution in [2.75, 3.05) is 6.67 Å². The van der Waals surface area contributed by atoms with Crippen LogP contribution in [0.4, 0.5) is 8.78 Å². The third-order valence-corrected chi connectivity index (χ3v) is 5.16. The molecule has 2 aliphatic carbocycles. The van der Waals surface area contributed by atoms with Crippen molar-refractivity contribution in [2.45, 2.75) is 82.7 Å². The van der Waals surface area contributed by atoms with Crippen molar-refractivity contribution in [2.24, 2.45) is 5.41 Å². The fourth-order valence-corrected chi connectivity index (χ4v) is 3.93. The first-order chi connectivity index (χ1) is 8.22. The lowest BCUT2D eigenvalue weighted by atomic mass is 9.65. The van der Waals surface area contributed by atoms with Gasteiger partial charge in [-0.25, -0.2) is 4.39 Å². The van der Waals surface area contributed by atoms with E-state index in [4.69, 9.17) is 0 Å². The molecule has 17 heavy (non-hydrogen) atoms. The summed E-state index contributed by atoms with van der Waals surface area (Å²) < 4.78 is 29.0. The molecule has 0 spiro atoms. The van der Waals surface area contributed by atoms with E-state index in [2.05, 4.69) is 0 Å². The van der Waals surface area contributed by atoms with E-state index in [1.54, 1.807) is 0 Å². The molecule has 0 radical (unpaired) electrons. The summed E-state index contributed by atoms with van der Waals surface area (Å²) in [6.07, 6.45) is 11.3. The van der Waals surface area contributed by atoms with Crippen LogP contribution in [0.1, 0.15) is 77.0 Å². The molecule has 0 heterocycles. The largest absolute Gasteiger partial charge is 0.250 e. The molecule has 2 rings (SSSR count). The van der Waals surface area contributed by atoms with Gasteiger partial charge in [-0.3, -0.25) is 4.39 Å². The van der Waals surface area contributed by atoms with Crippen LogP contribution in [0.3, 0.4) is 0 Å². The van der Waals surface area contributed by atoms with Gasteiger partial charge < -0.3 is 0 Å². The van der Waals surface area contributed by atoms with Gasteiger partial charge in [-0.15, -0.1) is 0 Å². The molecule has 2 aliphatic rings. The molecule has 0 atom stereocenters. The van der Waals surface area contributed by atoms with Crippen LogP contribution in [0.5, 0.6) is 0 Å². The molecule has 0 bridgehead atoms. The first kappa shape index (κ1) is 13.3. The molecule has 0 amide bonds. The molecular weight excluding hydrogens is 218 g/mol. The van der Waals surface area contributed by atoms with E-state index in [0.717, 1.165) is 64.2 Å². The maximum Gasteiger partial charge on any atom is 0.119 e. The monoisotopic (exact) mass is 244 g/mol. The van der Waals surface area contributed by atoms with Crippen LogP contribution in [0.15, 0.2) is 0 Å². The Morgan fingerprint density at radius 3 is 1.47 bits per heavy atom. The fourth-order valence-electron chi connectivity index (χ4n) is 3.93. The summed E-state index contributed by atoms with van der Waals surface area (Å²) >= 11 is 0. The Balaban J connectivity index is 2.17. The second-order valence-electron chi connectivity index (χ2n) is 6.21. The van der Waals surface area contributed by atoms with Crippen LogP contribution >= 0.6 is 0 Å². The Labute approximate surface area is 104 Å². The van der Waals surface area contributed by atoms with Crippen LogP contribution in [-0.2, 0) is 0 Å². The lowest BCUT2D eigenvalue weighted by Gasteiger charge is -2.43. The van der Waals surface area contributed by atoms with Crippen LogP contribution in [0.25, 0.3) is 0 Å². The van der Waals surface area contributed by atoms with Gasteiger partial charge in [0.1, 0.15) is 5.67 Å². The molecule has 2 saturated carbocycles. The first-order valence-corrected chi connectivity index (χ1v) is 7.47. The van der Waals surface area contributed by atoms with Crippen molar-refractivity contribution >= 4 is 0 Å². The SMILES string of the molecule is FCC1(C2(F)CCCCCC2)CCCCCC1. The van der Waals surface area contributed by atoms with E-state index in [-0.39, 0.29) is 0 Å². The first-order valence-electron chi connectivity index (χ1n) is 7.47. The standard InChI is InChI=1S/C15H26F2/c16-13-14(9-5-1-2-6-10-14)15(17)11-7-3-4-8-12-15/h1-13H2. The van der Waals surface area contributed by atoms with Crippen LogP contribution in [0.2, 0.25) is 0 Å². The normalized spacial score (nSPS) is 29.3. The van der Waals surface area contributed by atoms with E-state index >= 15 is 4.39 Å². The van der Waals surface area contributed by atoms with Crippen molar-refractivity contribution in [1.29, 1.82) is 0 Å². The molecule has 0 N–H and O–H groups in total. The molecule has 0 nitrogen and oxygen atoms in total. The minimum atomic E-state index is -1.21. The Kier molecular flexibility index (Phi) is 4.43. The Morgan fingerprint density at radius 1 is 0.647 bits per heavy atom. The fraction of sp³-hybridized carbons (Fsp3) is 1.00. The highest BCUT2D eigenvalue weighted by atomic mass is 19.1. The van der Waals surface area contributed by atoms with Gasteiger partial charge in [0.25, 0.3) is 0 Å². The number of hydrogen-bond donors (Lipinski definition) is 0. The van der Waals surface area contributed by atoms with Gasteiger partial charge >= 0.3 is 0 Å². The summed E-state index contributed by atoms with van der Waals surface area (Å²) in [4.78, 5) is 0. The van der Waals surface area contributed by atoms with Crippen LogP contribution < -0.4 is 0 Å². The van der Waals surface area contributed by atoms with Gasteiger partial charge in [0.05, 0.1) is 6.67 Å². The van der Waals surface area contributed by atoms with Crippen molar-refractivity contribution in [3.63, 3.8) is 0 Å². The molecule has 0 aromatic carbocycles. The highest BCUT2D eigenvalue weighted by molar-refractivity contribution is 5.00. The summed E-state index contributed by atoms with van der Waals surface area (Å²) in [5, 5.41) is 0. The van der Waals surface area contributed by atoms with Crippen LogP contribution in [-0.4, -0.2) is 12.3 Å². The zero-order chi connectivity index (χ0) is 12.2. The summed E-state index contributed by atoms with van der Waals surface area (Å²) in [5.41, 5.74) is -1.84. The summed E-state index contributed by atoms with van der Waals surface area (Å²) in [6.45, 7) is -0.441. The quantitative estimate of drug-likeness (QED) is 0.574. The summed E-state index contributed by atoms with van der Waals surface area (Å²) in [6, 6.07) is 0. The number of hydrogen-bond acceptors (Lipinski definition) is 0. The van der Waals surface area contributed by atoms with E-state index in [0.29, 0.717) is 12.8 Å². The van der Waals surface area contributed by atoms with Crippen molar-refractivity contribution in [3.05, 3.63) is 0 Å². The van der Waals surface area contributed by atoms with E-state index in [1.165, 1.54) is 0 Å². The maximum absolute atomic E-state index is 15.3. The van der Waals surface area contributed by atoms with E-state index < -0.39 is 17.8 Å². The molecule has 0 saturated heterocycles. The molecule has 0 unspecified atom stereocenters. The third-order valence-electron chi connectivity index (χ3n) is 5.16. The van der Waals surface area contributed by atoms with E-state index in [1.807, 2.05) is 0 Å². The molecule has 2 fully saturated rings. The van der Waals surface area contributed by atoms with Gasteiger partial charge in [0.2, 0.25) is 0 Å². The third kappa shape index (κ3) is 2.66. The highest BCUT2D eigenvalue weighted by Crippen LogP contribution is 2.52. The highest BCUT2D eigenvalue weighted by Gasteiger charge is 2.51. The van der Waals surface area contributed by atoms with Crippen molar-refractivity contribution in [3.8, 4) is 0 Å². The van der Waals surface area contributed by atoms with Gasteiger partial charge in [0, 0.05) is 5.41 Å². The lowest BCUT2D eigenvalue weighted by Crippen LogP contribution is -2.46. The Hall–Kier alpha value is -0.140. The minimum absolute atomic E-state index is 0.441. The van der Waals surface area contributed by atoms with Gasteiger partial charge in [0.15, 0.2) is 0 Å². The van der Waals surface area contributed by atoms with Gasteiger partial charge in [-0.2, -0.15) is 0 Å². The predicted molar refractivity (Wildman–Crippen MR) is 67.7 cm³/mol. The number of halogens is 2. The second-order valence-corrected chi connectivity index (χ2v) is 6.21. The molecule has 0 aromatic heterocycles. The van der Waals surface area contributed by atoms with Crippen LogP contribution in [0, 0.1) is 5.41 Å². The summed E-state index contributed by atoms with van der Waals surface area (Å²) in [5.74, 6) is 0. The molecule has 2 heteroatoms. The molecular formula is C15H26F2. The Bertz CT molecular complexity index is 221. The smallest absolute Gasteiger partial charge is 0.119 e. The zero-order valence-electron chi connectivity index (χ0n) is 10.9. The summed E-state index contributed by atoms with van der Waals surface area (Å²) in [7, 11) is 0. The maximum atomic E-state index is 15.3. The topological polar surface area (TPSA) is 0 Å². The average Bonchev–Trinajstić information content (AvgIpc) is 2.70.